The van der Waals surface area contributed by atoms with E-state index in [0.29, 0.717) is 12.2 Å². The Morgan fingerprint density at radius 3 is 2.40 bits per heavy atom. The number of rotatable bonds is 5. The Labute approximate surface area is 151 Å². The average Bonchev–Trinajstić information content (AvgIpc) is 2.49. The van der Waals surface area contributed by atoms with E-state index in [1.807, 2.05) is 25.1 Å². The lowest BCUT2D eigenvalue weighted by atomic mass is 9.65. The Morgan fingerprint density at radius 2 is 1.88 bits per heavy atom. The Kier molecular flexibility index (Phi) is 5.37. The molecule has 0 amide bonds. The number of hydrogen-bond donors (Lipinski definition) is 2. The number of nitrogens with one attached hydrogen (secondary N) is 2. The van der Waals surface area contributed by atoms with Crippen LogP contribution in [0.3, 0.4) is 0 Å². The van der Waals surface area contributed by atoms with Crippen molar-refractivity contribution in [3.8, 4) is 0 Å². The minimum absolute atomic E-state index is 0.0124. The van der Waals surface area contributed by atoms with Gasteiger partial charge in [0.25, 0.3) is 0 Å². The summed E-state index contributed by atoms with van der Waals surface area (Å²) in [5.41, 5.74) is 1.66. The number of sulfonamides is 1. The van der Waals surface area contributed by atoms with Crippen LogP contribution < -0.4 is 10.0 Å². The summed E-state index contributed by atoms with van der Waals surface area (Å²) in [7, 11) is -3.32. The fraction of sp³-hybridized carbons (Fsp3) is 0.611. The lowest BCUT2D eigenvalue weighted by Crippen LogP contribution is -2.72. The molecular formula is C18H30N4O2S. The highest BCUT2D eigenvalue weighted by atomic mass is 32.2. The van der Waals surface area contributed by atoms with Gasteiger partial charge in [-0.25, -0.2) is 13.4 Å². The molecule has 0 saturated carbocycles. The van der Waals surface area contributed by atoms with Gasteiger partial charge >= 0.3 is 0 Å². The average molecular weight is 367 g/mol. The number of anilines is 1. The van der Waals surface area contributed by atoms with Gasteiger partial charge in [0, 0.05) is 24.0 Å². The topological polar surface area (TPSA) is 73.8 Å². The molecule has 1 aliphatic rings. The first-order chi connectivity index (χ1) is 11.5. The van der Waals surface area contributed by atoms with E-state index in [4.69, 9.17) is 4.99 Å². The van der Waals surface area contributed by atoms with E-state index >= 15 is 0 Å². The molecule has 0 aromatic heterocycles. The van der Waals surface area contributed by atoms with E-state index in [9.17, 15) is 8.42 Å². The second-order valence-electron chi connectivity index (χ2n) is 7.73. The zero-order valence-electron chi connectivity index (χ0n) is 16.0. The van der Waals surface area contributed by atoms with Gasteiger partial charge in [-0.1, -0.05) is 32.0 Å². The summed E-state index contributed by atoms with van der Waals surface area (Å²) < 4.78 is 25.7. The van der Waals surface area contributed by atoms with Gasteiger partial charge < -0.3 is 10.2 Å². The predicted octanol–water partition coefficient (Wildman–Crippen LogP) is 2.64. The number of aliphatic imine (C=N–C) groups is 1. The van der Waals surface area contributed by atoms with Crippen molar-refractivity contribution in [1.29, 1.82) is 0 Å². The molecule has 6 nitrogen and oxygen atoms in total. The SMILES string of the molecule is CCNC(=NCc1ccccc1NS(C)(=O)=O)N1CC(C)(C)C1(C)C. The number of para-hydroxylation sites is 1. The summed E-state index contributed by atoms with van der Waals surface area (Å²) in [6.45, 7) is 13.2. The van der Waals surface area contributed by atoms with Crippen LogP contribution in [0.5, 0.6) is 0 Å². The molecule has 1 aliphatic heterocycles. The largest absolute Gasteiger partial charge is 0.356 e. The molecular weight excluding hydrogens is 336 g/mol. The highest BCUT2D eigenvalue weighted by Gasteiger charge is 2.53. The van der Waals surface area contributed by atoms with Gasteiger partial charge in [0.15, 0.2) is 5.96 Å². The Hall–Kier alpha value is -1.76. The summed E-state index contributed by atoms with van der Waals surface area (Å²) >= 11 is 0. The van der Waals surface area contributed by atoms with Gasteiger partial charge in [0.1, 0.15) is 0 Å². The fourth-order valence-corrected chi connectivity index (χ4v) is 3.51. The summed E-state index contributed by atoms with van der Waals surface area (Å²) in [5, 5.41) is 3.35. The third kappa shape index (κ3) is 4.26. The lowest BCUT2D eigenvalue weighted by Gasteiger charge is -2.62. The van der Waals surface area contributed by atoms with Crippen molar-refractivity contribution in [3.05, 3.63) is 29.8 Å². The molecule has 0 radical (unpaired) electrons. The molecule has 1 aromatic rings. The van der Waals surface area contributed by atoms with Crippen LogP contribution in [-0.2, 0) is 16.6 Å². The van der Waals surface area contributed by atoms with E-state index in [0.717, 1.165) is 30.9 Å². The van der Waals surface area contributed by atoms with Crippen molar-refractivity contribution < 1.29 is 8.42 Å². The van der Waals surface area contributed by atoms with Crippen LogP contribution in [0.2, 0.25) is 0 Å². The maximum absolute atomic E-state index is 11.5. The number of likely N-dealkylation sites (tertiary alicyclic amines) is 1. The Bertz CT molecular complexity index is 754. The highest BCUT2D eigenvalue weighted by Crippen LogP contribution is 2.46. The zero-order chi connectivity index (χ0) is 18.9. The number of nitrogens with zero attached hydrogens (tertiary/aromatic N) is 2. The van der Waals surface area contributed by atoms with Crippen LogP contribution >= 0.6 is 0 Å². The van der Waals surface area contributed by atoms with Crippen molar-refractivity contribution in [2.45, 2.75) is 46.7 Å². The number of guanidine groups is 1. The molecule has 0 spiro atoms. The van der Waals surface area contributed by atoms with Gasteiger partial charge in [0.2, 0.25) is 10.0 Å². The first kappa shape index (κ1) is 19.6. The van der Waals surface area contributed by atoms with Crippen molar-refractivity contribution in [1.82, 2.24) is 10.2 Å². The molecule has 140 valence electrons. The quantitative estimate of drug-likeness (QED) is 0.621. The van der Waals surface area contributed by atoms with Gasteiger partial charge in [-0.15, -0.1) is 0 Å². The first-order valence-corrected chi connectivity index (χ1v) is 10.5. The minimum atomic E-state index is -3.32. The van der Waals surface area contributed by atoms with Crippen LogP contribution in [-0.4, -0.2) is 44.2 Å². The molecule has 0 unspecified atom stereocenters. The summed E-state index contributed by atoms with van der Waals surface area (Å²) in [4.78, 5) is 7.04. The maximum atomic E-state index is 11.5. The molecule has 25 heavy (non-hydrogen) atoms. The molecule has 0 aliphatic carbocycles. The number of benzene rings is 1. The molecule has 1 heterocycles. The van der Waals surface area contributed by atoms with Gasteiger partial charge in [0.05, 0.1) is 18.5 Å². The maximum Gasteiger partial charge on any atom is 0.229 e. The van der Waals surface area contributed by atoms with E-state index in [1.165, 1.54) is 0 Å². The van der Waals surface area contributed by atoms with Crippen LogP contribution in [0.4, 0.5) is 5.69 Å². The van der Waals surface area contributed by atoms with Crippen LogP contribution in [0.25, 0.3) is 0 Å². The number of hydrogen-bond acceptors (Lipinski definition) is 3. The zero-order valence-corrected chi connectivity index (χ0v) is 16.9. The molecule has 1 saturated heterocycles. The van der Waals surface area contributed by atoms with Crippen LogP contribution in [0.15, 0.2) is 29.3 Å². The second kappa shape index (κ2) is 6.86. The van der Waals surface area contributed by atoms with Crippen LogP contribution in [0, 0.1) is 5.41 Å². The molecule has 1 aromatic carbocycles. The van der Waals surface area contributed by atoms with Gasteiger partial charge in [-0.3, -0.25) is 4.72 Å². The summed E-state index contributed by atoms with van der Waals surface area (Å²) in [5.74, 6) is 0.862. The lowest BCUT2D eigenvalue weighted by molar-refractivity contribution is -0.0667. The third-order valence-electron chi connectivity index (χ3n) is 5.19. The Morgan fingerprint density at radius 1 is 1.24 bits per heavy atom. The fourth-order valence-electron chi connectivity index (χ4n) is 2.91. The molecule has 1 fully saturated rings. The van der Waals surface area contributed by atoms with E-state index in [1.54, 1.807) is 6.07 Å². The normalized spacial score (nSPS) is 19.3. The van der Waals surface area contributed by atoms with Crippen molar-refractivity contribution in [2.24, 2.45) is 10.4 Å². The van der Waals surface area contributed by atoms with Gasteiger partial charge in [-0.05, 0) is 32.4 Å². The van der Waals surface area contributed by atoms with E-state index in [-0.39, 0.29) is 11.0 Å². The smallest absolute Gasteiger partial charge is 0.229 e. The molecule has 2 N–H and O–H groups in total. The van der Waals surface area contributed by atoms with Crippen LogP contribution in [0.1, 0.15) is 40.2 Å². The third-order valence-corrected chi connectivity index (χ3v) is 5.78. The van der Waals surface area contributed by atoms with E-state index < -0.39 is 10.0 Å². The van der Waals surface area contributed by atoms with Crippen molar-refractivity contribution >= 4 is 21.7 Å². The highest BCUT2D eigenvalue weighted by molar-refractivity contribution is 7.92. The van der Waals surface area contributed by atoms with Crippen molar-refractivity contribution in [2.75, 3.05) is 24.1 Å². The first-order valence-electron chi connectivity index (χ1n) is 8.59. The summed E-state index contributed by atoms with van der Waals surface area (Å²) in [6, 6.07) is 7.36. The minimum Gasteiger partial charge on any atom is -0.356 e. The van der Waals surface area contributed by atoms with E-state index in [2.05, 4.69) is 42.6 Å². The predicted molar refractivity (Wildman–Crippen MR) is 104 cm³/mol. The monoisotopic (exact) mass is 366 g/mol. The second-order valence-corrected chi connectivity index (χ2v) is 9.48. The molecule has 0 bridgehead atoms. The molecule has 7 heteroatoms. The Balaban J connectivity index is 2.24. The standard InChI is InChI=1S/C18H30N4O2S/c1-7-19-16(22-13-17(2,3)18(22,4)5)20-12-14-10-8-9-11-15(14)21-25(6,23)24/h8-11,21H,7,12-13H2,1-6H3,(H,19,20). The summed E-state index contributed by atoms with van der Waals surface area (Å²) in [6.07, 6.45) is 1.15. The van der Waals surface area contributed by atoms with Gasteiger partial charge in [-0.2, -0.15) is 0 Å². The van der Waals surface area contributed by atoms with Crippen molar-refractivity contribution in [3.63, 3.8) is 0 Å². The molecule has 0 atom stereocenters. The molecule has 2 rings (SSSR count).